The van der Waals surface area contributed by atoms with E-state index in [-0.39, 0.29) is 30.6 Å². The van der Waals surface area contributed by atoms with Crippen molar-refractivity contribution in [2.75, 3.05) is 33.7 Å². The Morgan fingerprint density at radius 2 is 2.05 bits per heavy atom. The predicted molar refractivity (Wildman–Crippen MR) is 78.8 cm³/mol. The zero-order valence-electron chi connectivity index (χ0n) is 13.1. The van der Waals surface area contributed by atoms with Crippen LogP contribution in [0.5, 0.6) is 0 Å². The summed E-state index contributed by atoms with van der Waals surface area (Å²) in [5, 5.41) is 2.92. The van der Waals surface area contributed by atoms with Gasteiger partial charge in [0.05, 0.1) is 18.1 Å². The van der Waals surface area contributed by atoms with E-state index in [0.29, 0.717) is 25.4 Å². The molecule has 1 N–H and O–H groups in total. The van der Waals surface area contributed by atoms with Gasteiger partial charge < -0.3 is 10.1 Å². The number of fused-ring (bicyclic) bond motifs is 2. The summed E-state index contributed by atoms with van der Waals surface area (Å²) in [4.78, 5) is 12.2. The van der Waals surface area contributed by atoms with Crippen molar-refractivity contribution in [3.63, 3.8) is 0 Å². The van der Waals surface area contributed by atoms with Crippen LogP contribution < -0.4 is 5.32 Å². The molecule has 2 heterocycles. The fourth-order valence-corrected chi connectivity index (χ4v) is 3.91. The normalized spacial score (nSPS) is 30.1. The van der Waals surface area contributed by atoms with E-state index >= 15 is 0 Å². The van der Waals surface area contributed by atoms with Crippen LogP contribution in [0.25, 0.3) is 0 Å². The number of carbonyl (C=O) groups is 1. The maximum absolute atomic E-state index is 12.2. The Hall–Kier alpha value is -0.700. The molecule has 0 unspecified atom stereocenters. The van der Waals surface area contributed by atoms with Gasteiger partial charge in [-0.3, -0.25) is 4.79 Å². The molecule has 0 radical (unpaired) electrons. The van der Waals surface area contributed by atoms with Gasteiger partial charge in [0.25, 0.3) is 10.2 Å². The fraction of sp³-hybridized carbons (Fsp3) is 0.923. The molecule has 0 spiro atoms. The first-order valence-corrected chi connectivity index (χ1v) is 8.72. The van der Waals surface area contributed by atoms with Gasteiger partial charge >= 0.3 is 0 Å². The molecular weight excluding hydrogens is 294 g/mol. The lowest BCUT2D eigenvalue weighted by atomic mass is 9.99. The number of ether oxygens (including phenoxy) is 1. The topological polar surface area (TPSA) is 79.0 Å². The van der Waals surface area contributed by atoms with Crippen LogP contribution in [0.2, 0.25) is 0 Å². The summed E-state index contributed by atoms with van der Waals surface area (Å²) in [6, 6.07) is 0. The van der Waals surface area contributed by atoms with Crippen LogP contribution >= 0.6 is 0 Å². The Kier molecular flexibility index (Phi) is 4.92. The number of amides is 1. The molecule has 122 valence electrons. The molecule has 0 saturated carbocycles. The van der Waals surface area contributed by atoms with Crippen molar-refractivity contribution in [2.24, 2.45) is 11.8 Å². The van der Waals surface area contributed by atoms with E-state index < -0.39 is 10.2 Å². The first-order valence-electron chi connectivity index (χ1n) is 7.32. The zero-order valence-corrected chi connectivity index (χ0v) is 13.9. The average Bonchev–Trinajstić information content (AvgIpc) is 2.70. The second kappa shape index (κ2) is 6.20. The third kappa shape index (κ3) is 3.56. The first kappa shape index (κ1) is 16.7. The van der Waals surface area contributed by atoms with Gasteiger partial charge in [0, 0.05) is 33.7 Å². The Morgan fingerprint density at radius 3 is 2.62 bits per heavy atom. The van der Waals surface area contributed by atoms with Gasteiger partial charge in [-0.05, 0) is 12.3 Å². The summed E-state index contributed by atoms with van der Waals surface area (Å²) in [7, 11) is -0.419. The van der Waals surface area contributed by atoms with Gasteiger partial charge in [0.2, 0.25) is 5.91 Å². The van der Waals surface area contributed by atoms with Crippen molar-refractivity contribution < 1.29 is 17.9 Å². The van der Waals surface area contributed by atoms with Crippen LogP contribution in [0.1, 0.15) is 20.3 Å². The minimum absolute atomic E-state index is 0.0275. The summed E-state index contributed by atoms with van der Waals surface area (Å²) in [5.41, 5.74) is 0. The predicted octanol–water partition coefficient (Wildman–Crippen LogP) is -0.346. The number of hydrogen-bond donors (Lipinski definition) is 1. The maximum atomic E-state index is 12.2. The van der Waals surface area contributed by atoms with Crippen molar-refractivity contribution in [1.29, 1.82) is 0 Å². The molecule has 2 rings (SSSR count). The van der Waals surface area contributed by atoms with Crippen molar-refractivity contribution in [3.05, 3.63) is 0 Å². The van der Waals surface area contributed by atoms with Crippen LogP contribution in [-0.2, 0) is 19.7 Å². The second-order valence-corrected chi connectivity index (χ2v) is 8.53. The van der Waals surface area contributed by atoms with Crippen molar-refractivity contribution in [1.82, 2.24) is 13.9 Å². The number of nitrogens with one attached hydrogen (secondary N) is 1. The largest absolute Gasteiger partial charge is 0.371 e. The van der Waals surface area contributed by atoms with Gasteiger partial charge in [-0.2, -0.15) is 17.0 Å². The number of rotatable bonds is 5. The lowest BCUT2D eigenvalue weighted by molar-refractivity contribution is -0.127. The molecule has 2 saturated heterocycles. The third-order valence-corrected chi connectivity index (χ3v) is 5.81. The van der Waals surface area contributed by atoms with Gasteiger partial charge in [-0.1, -0.05) is 13.8 Å². The van der Waals surface area contributed by atoms with E-state index in [1.165, 1.54) is 22.7 Å². The van der Waals surface area contributed by atoms with Gasteiger partial charge in [-0.25, -0.2) is 0 Å². The number of hydrogen-bond acceptors (Lipinski definition) is 4. The highest BCUT2D eigenvalue weighted by atomic mass is 32.2. The summed E-state index contributed by atoms with van der Waals surface area (Å²) in [5.74, 6) is 0.109. The third-order valence-electron chi connectivity index (χ3n) is 3.93. The van der Waals surface area contributed by atoms with Crippen LogP contribution in [0.3, 0.4) is 0 Å². The Bertz CT molecular complexity index is 492. The molecule has 0 aliphatic carbocycles. The van der Waals surface area contributed by atoms with E-state index in [4.69, 9.17) is 4.74 Å². The highest BCUT2D eigenvalue weighted by molar-refractivity contribution is 7.86. The highest BCUT2D eigenvalue weighted by Crippen LogP contribution is 2.33. The SMILES string of the molecule is CC(C)CNC(=O)[C@H]1C[C@@H]2CN(S(=O)(=O)N(C)C)C[C@H]1O2. The van der Waals surface area contributed by atoms with Crippen LogP contribution in [-0.4, -0.2) is 68.9 Å². The number of morpholine rings is 1. The quantitative estimate of drug-likeness (QED) is 0.751. The maximum Gasteiger partial charge on any atom is 0.281 e. The number of nitrogens with zero attached hydrogens (tertiary/aromatic N) is 2. The smallest absolute Gasteiger partial charge is 0.281 e. The van der Waals surface area contributed by atoms with E-state index in [1.807, 2.05) is 13.8 Å². The molecule has 0 aromatic carbocycles. The molecule has 21 heavy (non-hydrogen) atoms. The van der Waals surface area contributed by atoms with Gasteiger partial charge in [0.15, 0.2) is 0 Å². The van der Waals surface area contributed by atoms with Crippen LogP contribution in [0.4, 0.5) is 0 Å². The molecule has 2 fully saturated rings. The summed E-state index contributed by atoms with van der Waals surface area (Å²) in [6.45, 7) is 5.28. The van der Waals surface area contributed by atoms with E-state index in [2.05, 4.69) is 5.32 Å². The van der Waals surface area contributed by atoms with Crippen molar-refractivity contribution in [2.45, 2.75) is 32.5 Å². The standard InChI is InChI=1S/C13H25N3O4S/c1-9(2)6-14-13(17)11-5-10-7-16(8-12(11)20-10)21(18,19)15(3)4/h9-12H,5-8H2,1-4H3,(H,14,17)/t10-,11+,12-/m1/s1. The number of carbonyl (C=O) groups excluding carboxylic acids is 1. The first-order chi connectivity index (χ1) is 9.71. The molecule has 2 aliphatic rings. The van der Waals surface area contributed by atoms with E-state index in [0.717, 1.165) is 0 Å². The lowest BCUT2D eigenvalue weighted by Gasteiger charge is -2.33. The average molecular weight is 319 g/mol. The Balaban J connectivity index is 2.02. The molecule has 2 bridgehead atoms. The second-order valence-electron chi connectivity index (χ2n) is 6.38. The van der Waals surface area contributed by atoms with Crippen molar-refractivity contribution in [3.8, 4) is 0 Å². The van der Waals surface area contributed by atoms with E-state index in [9.17, 15) is 13.2 Å². The molecule has 0 aromatic rings. The minimum Gasteiger partial charge on any atom is -0.371 e. The zero-order chi connectivity index (χ0) is 15.8. The lowest BCUT2D eigenvalue weighted by Crippen LogP contribution is -2.51. The summed E-state index contributed by atoms with van der Waals surface area (Å²) >= 11 is 0. The molecule has 1 amide bonds. The highest BCUT2D eigenvalue weighted by Gasteiger charge is 2.47. The summed E-state index contributed by atoms with van der Waals surface area (Å²) < 4.78 is 32.8. The monoisotopic (exact) mass is 319 g/mol. The van der Waals surface area contributed by atoms with Gasteiger partial charge in [0.1, 0.15) is 0 Å². The molecule has 3 atom stereocenters. The molecule has 7 nitrogen and oxygen atoms in total. The molecule has 8 heteroatoms. The fourth-order valence-electron chi connectivity index (χ4n) is 2.75. The van der Waals surface area contributed by atoms with Crippen molar-refractivity contribution >= 4 is 16.1 Å². The Labute approximate surface area is 126 Å². The molecule has 2 aliphatic heterocycles. The van der Waals surface area contributed by atoms with Crippen LogP contribution in [0, 0.1) is 11.8 Å². The molecular formula is C13H25N3O4S. The van der Waals surface area contributed by atoms with Gasteiger partial charge in [-0.15, -0.1) is 0 Å². The van der Waals surface area contributed by atoms with E-state index in [1.54, 1.807) is 0 Å². The summed E-state index contributed by atoms with van der Waals surface area (Å²) in [6.07, 6.45) is 0.0625. The van der Waals surface area contributed by atoms with Crippen LogP contribution in [0.15, 0.2) is 0 Å². The minimum atomic E-state index is -3.45. The Morgan fingerprint density at radius 1 is 1.38 bits per heavy atom. The molecule has 0 aromatic heterocycles.